The zero-order valence-electron chi connectivity index (χ0n) is 17.6. The van der Waals surface area contributed by atoms with Crippen molar-refractivity contribution in [3.63, 3.8) is 0 Å². The second kappa shape index (κ2) is 8.86. The predicted octanol–water partition coefficient (Wildman–Crippen LogP) is 3.99. The third kappa shape index (κ3) is 5.88. The highest BCUT2D eigenvalue weighted by Crippen LogP contribution is 2.38. The lowest BCUT2D eigenvalue weighted by Crippen LogP contribution is -2.44. The molecule has 5 nitrogen and oxygen atoms in total. The van der Waals surface area contributed by atoms with E-state index < -0.39 is 14.4 Å². The first kappa shape index (κ1) is 22.1. The highest BCUT2D eigenvalue weighted by atomic mass is 28.4. The smallest absolute Gasteiger partial charge is 0.338 e. The summed E-state index contributed by atoms with van der Waals surface area (Å²) in [5.41, 5.74) is 1.23. The summed E-state index contributed by atoms with van der Waals surface area (Å²) in [5, 5.41) is 10.8. The molecule has 0 saturated carbocycles. The Bertz CT molecular complexity index is 641. The fourth-order valence-electron chi connectivity index (χ4n) is 3.09. The summed E-state index contributed by atoms with van der Waals surface area (Å²) >= 11 is 0. The van der Waals surface area contributed by atoms with E-state index in [0.29, 0.717) is 18.7 Å². The van der Waals surface area contributed by atoms with Gasteiger partial charge < -0.3 is 14.3 Å². The average molecular weight is 394 g/mol. The Morgan fingerprint density at radius 2 is 2.07 bits per heavy atom. The Morgan fingerprint density at radius 1 is 1.37 bits per heavy atom. The van der Waals surface area contributed by atoms with Crippen LogP contribution in [0.5, 0.6) is 0 Å². The number of β-amino-alcohol motifs (C(OH)–C–C–N with tert-alkyl or cyclic N) is 1. The molecule has 1 N–H and O–H groups in total. The number of rotatable bonds is 7. The highest BCUT2D eigenvalue weighted by molar-refractivity contribution is 6.74. The summed E-state index contributed by atoms with van der Waals surface area (Å²) in [5.74, 6) is -0.351. The zero-order valence-corrected chi connectivity index (χ0v) is 18.6. The number of esters is 1. The average Bonchev–Trinajstić information content (AvgIpc) is 3.00. The predicted molar refractivity (Wildman–Crippen MR) is 110 cm³/mol. The Balaban J connectivity index is 1.93. The molecule has 2 rings (SSSR count). The van der Waals surface area contributed by atoms with Gasteiger partial charge in [0.1, 0.15) is 0 Å². The number of nitrogens with zero attached hydrogens (tertiary/aromatic N) is 1. The maximum atomic E-state index is 11.9. The number of carbonyl (C=O) groups is 1. The maximum absolute atomic E-state index is 11.9. The second-order valence-corrected chi connectivity index (χ2v) is 13.7. The molecule has 27 heavy (non-hydrogen) atoms. The highest BCUT2D eigenvalue weighted by Gasteiger charge is 2.40. The Hall–Kier alpha value is -1.21. The van der Waals surface area contributed by atoms with Crippen LogP contribution in [0, 0.1) is 0 Å². The van der Waals surface area contributed by atoms with Crippen LogP contribution in [0.15, 0.2) is 24.3 Å². The topological polar surface area (TPSA) is 59.0 Å². The van der Waals surface area contributed by atoms with Gasteiger partial charge >= 0.3 is 5.97 Å². The molecule has 1 unspecified atom stereocenters. The molecule has 1 heterocycles. The van der Waals surface area contributed by atoms with Crippen molar-refractivity contribution in [2.75, 3.05) is 26.2 Å². The number of benzene rings is 1. The van der Waals surface area contributed by atoms with Gasteiger partial charge in [0.15, 0.2) is 8.32 Å². The standard InChI is InChI=1S/C21H35NO4Si/c1-7-25-20(24)17-10-8-9-16(13-17)19(23)15-22-12-11-18(14-22)26-27(5,6)21(2,3)4/h8-10,13,18-19,23H,7,11-12,14-15H2,1-6H3/t18?,19-/m1/s1. The lowest BCUT2D eigenvalue weighted by molar-refractivity contribution is 0.0526. The van der Waals surface area contributed by atoms with Gasteiger partial charge in [-0.3, -0.25) is 4.90 Å². The van der Waals surface area contributed by atoms with E-state index >= 15 is 0 Å². The number of ether oxygens (including phenoxy) is 1. The van der Waals surface area contributed by atoms with Crippen molar-refractivity contribution >= 4 is 14.3 Å². The molecule has 1 saturated heterocycles. The Labute approximate surface area is 164 Å². The van der Waals surface area contributed by atoms with Crippen LogP contribution in [0.25, 0.3) is 0 Å². The van der Waals surface area contributed by atoms with Crippen LogP contribution in [-0.2, 0) is 9.16 Å². The number of hydrogen-bond acceptors (Lipinski definition) is 5. The van der Waals surface area contributed by atoms with Crippen molar-refractivity contribution < 1.29 is 19.1 Å². The van der Waals surface area contributed by atoms with E-state index in [1.807, 2.05) is 6.07 Å². The number of likely N-dealkylation sites (tertiary alicyclic amines) is 1. The molecule has 0 radical (unpaired) electrons. The van der Waals surface area contributed by atoms with Crippen LogP contribution in [0.4, 0.5) is 0 Å². The monoisotopic (exact) mass is 393 g/mol. The van der Waals surface area contributed by atoms with Gasteiger partial charge in [0.05, 0.1) is 24.4 Å². The van der Waals surface area contributed by atoms with Crippen LogP contribution in [-0.4, -0.2) is 56.6 Å². The quantitative estimate of drug-likeness (QED) is 0.561. The molecule has 1 aromatic carbocycles. The number of carbonyl (C=O) groups excluding carboxylic acids is 1. The van der Waals surface area contributed by atoms with E-state index in [1.54, 1.807) is 25.1 Å². The number of aliphatic hydroxyl groups is 1. The molecule has 0 aromatic heterocycles. The lowest BCUT2D eigenvalue weighted by atomic mass is 10.1. The normalized spacial score (nSPS) is 19.9. The number of aliphatic hydroxyl groups excluding tert-OH is 1. The second-order valence-electron chi connectivity index (χ2n) is 8.91. The molecule has 1 aromatic rings. The zero-order chi connectivity index (χ0) is 20.2. The van der Waals surface area contributed by atoms with E-state index in [2.05, 4.69) is 38.8 Å². The van der Waals surface area contributed by atoms with Gasteiger partial charge in [0, 0.05) is 19.6 Å². The van der Waals surface area contributed by atoms with Gasteiger partial charge in [0.25, 0.3) is 0 Å². The maximum Gasteiger partial charge on any atom is 0.338 e. The van der Waals surface area contributed by atoms with Gasteiger partial charge in [0.2, 0.25) is 0 Å². The van der Waals surface area contributed by atoms with Gasteiger partial charge in [-0.15, -0.1) is 0 Å². The van der Waals surface area contributed by atoms with Gasteiger partial charge in [-0.25, -0.2) is 4.79 Å². The minimum atomic E-state index is -1.77. The molecule has 1 aliphatic heterocycles. The molecule has 6 heteroatoms. The Kier molecular flexibility index (Phi) is 7.25. The summed E-state index contributed by atoms with van der Waals surface area (Å²) in [6, 6.07) is 7.08. The van der Waals surface area contributed by atoms with Crippen molar-refractivity contribution in [2.45, 2.75) is 64.5 Å². The van der Waals surface area contributed by atoms with Crippen molar-refractivity contribution in [3.8, 4) is 0 Å². The molecule has 1 aliphatic rings. The van der Waals surface area contributed by atoms with Gasteiger partial charge in [-0.05, 0) is 49.2 Å². The third-order valence-electron chi connectivity index (χ3n) is 5.71. The summed E-state index contributed by atoms with van der Waals surface area (Å²) in [6.07, 6.45) is 0.609. The summed E-state index contributed by atoms with van der Waals surface area (Å²) < 4.78 is 11.6. The van der Waals surface area contributed by atoms with Gasteiger partial charge in [-0.2, -0.15) is 0 Å². The van der Waals surface area contributed by atoms with Crippen molar-refractivity contribution in [1.82, 2.24) is 4.90 Å². The van der Waals surface area contributed by atoms with Crippen LogP contribution >= 0.6 is 0 Å². The molecule has 0 bridgehead atoms. The van der Waals surface area contributed by atoms with Crippen LogP contribution < -0.4 is 0 Å². The van der Waals surface area contributed by atoms with Crippen molar-refractivity contribution in [2.24, 2.45) is 0 Å². The van der Waals surface area contributed by atoms with Gasteiger partial charge in [-0.1, -0.05) is 32.9 Å². The molecular formula is C21H35NO4Si. The largest absolute Gasteiger partial charge is 0.462 e. The molecular weight excluding hydrogens is 358 g/mol. The first-order valence-corrected chi connectivity index (χ1v) is 12.8. The summed E-state index contributed by atoms with van der Waals surface area (Å²) in [6.45, 7) is 15.8. The van der Waals surface area contributed by atoms with E-state index in [9.17, 15) is 9.90 Å². The summed E-state index contributed by atoms with van der Waals surface area (Å²) in [7, 11) is -1.77. The molecule has 152 valence electrons. The van der Waals surface area contributed by atoms with E-state index in [-0.39, 0.29) is 17.1 Å². The molecule has 2 atom stereocenters. The molecule has 0 amide bonds. The van der Waals surface area contributed by atoms with Crippen molar-refractivity contribution in [1.29, 1.82) is 0 Å². The molecule has 0 aliphatic carbocycles. The minimum Gasteiger partial charge on any atom is -0.462 e. The fourth-order valence-corrected chi connectivity index (χ4v) is 4.47. The SMILES string of the molecule is CCOC(=O)c1cccc([C@H](O)CN2CCC(O[Si](C)(C)C(C)(C)C)C2)c1. The lowest BCUT2D eigenvalue weighted by Gasteiger charge is -2.38. The third-order valence-corrected chi connectivity index (χ3v) is 10.2. The Morgan fingerprint density at radius 3 is 2.70 bits per heavy atom. The first-order chi connectivity index (χ1) is 12.5. The van der Waals surface area contributed by atoms with E-state index in [4.69, 9.17) is 9.16 Å². The summed E-state index contributed by atoms with van der Waals surface area (Å²) in [4.78, 5) is 14.1. The van der Waals surface area contributed by atoms with Crippen molar-refractivity contribution in [3.05, 3.63) is 35.4 Å². The number of hydrogen-bond donors (Lipinski definition) is 1. The van der Waals surface area contributed by atoms with Crippen LogP contribution in [0.2, 0.25) is 18.1 Å². The van der Waals surface area contributed by atoms with E-state index in [1.165, 1.54) is 0 Å². The van der Waals surface area contributed by atoms with Crippen LogP contribution in [0.3, 0.4) is 0 Å². The van der Waals surface area contributed by atoms with E-state index in [0.717, 1.165) is 25.1 Å². The molecule has 1 fully saturated rings. The fraction of sp³-hybridized carbons (Fsp3) is 0.667. The van der Waals surface area contributed by atoms with Crippen LogP contribution in [0.1, 0.15) is 56.1 Å². The first-order valence-electron chi connectivity index (χ1n) is 9.89. The minimum absolute atomic E-state index is 0.202. The molecule has 0 spiro atoms.